The molecule has 0 unspecified atom stereocenters. The molecule has 2 aliphatic rings. The maximum absolute atomic E-state index is 12.0. The fraction of sp³-hybridized carbons (Fsp3) is 0.909. The molecule has 80 valence electrons. The van der Waals surface area contributed by atoms with Crippen LogP contribution in [0, 0.1) is 5.92 Å². The third-order valence-electron chi connectivity index (χ3n) is 3.42. The second-order valence-corrected chi connectivity index (χ2v) is 4.76. The molecule has 1 aliphatic carbocycles. The quantitative estimate of drug-likeness (QED) is 0.714. The lowest BCUT2D eigenvalue weighted by atomic mass is 9.92. The Kier molecular flexibility index (Phi) is 2.77. The van der Waals surface area contributed by atoms with E-state index in [0.29, 0.717) is 18.0 Å². The molecule has 2 atom stereocenters. The Balaban J connectivity index is 1.89. The van der Waals surface area contributed by atoms with Gasteiger partial charge in [0.2, 0.25) is 5.91 Å². The average Bonchev–Trinajstić information content (AvgIpc) is 2.99. The van der Waals surface area contributed by atoms with Crippen LogP contribution in [0.2, 0.25) is 0 Å². The predicted octanol–water partition coefficient (Wildman–Crippen LogP) is 0.995. The van der Waals surface area contributed by atoms with Crippen molar-refractivity contribution in [2.75, 3.05) is 13.6 Å². The summed E-state index contributed by atoms with van der Waals surface area (Å²) in [7, 11) is 1.96. The number of piperidine rings is 1. The van der Waals surface area contributed by atoms with Crippen molar-refractivity contribution in [2.24, 2.45) is 5.92 Å². The first kappa shape index (κ1) is 9.97. The maximum atomic E-state index is 12.0. The first-order valence-electron chi connectivity index (χ1n) is 5.68. The summed E-state index contributed by atoms with van der Waals surface area (Å²) >= 11 is 0. The lowest BCUT2D eigenvalue weighted by Crippen LogP contribution is -2.43. The van der Waals surface area contributed by atoms with Crippen LogP contribution in [-0.2, 0) is 4.79 Å². The summed E-state index contributed by atoms with van der Waals surface area (Å²) in [6.45, 7) is 3.16. The number of amides is 1. The van der Waals surface area contributed by atoms with Crippen molar-refractivity contribution in [3.63, 3.8) is 0 Å². The SMILES string of the molecule is C[C@H]1C[C@@H](C(=O)N(C)C2CC2)CCN1. The van der Waals surface area contributed by atoms with Crippen LogP contribution in [0.1, 0.15) is 32.6 Å². The van der Waals surface area contributed by atoms with Gasteiger partial charge in [0, 0.05) is 25.0 Å². The van der Waals surface area contributed by atoms with E-state index in [1.165, 1.54) is 12.8 Å². The lowest BCUT2D eigenvalue weighted by molar-refractivity contribution is -0.135. The molecule has 1 aliphatic heterocycles. The molecule has 0 bridgehead atoms. The van der Waals surface area contributed by atoms with Gasteiger partial charge in [-0.2, -0.15) is 0 Å². The van der Waals surface area contributed by atoms with Gasteiger partial charge in [0.25, 0.3) is 0 Å². The van der Waals surface area contributed by atoms with E-state index in [4.69, 9.17) is 0 Å². The van der Waals surface area contributed by atoms with Gasteiger partial charge in [0.1, 0.15) is 0 Å². The summed E-state index contributed by atoms with van der Waals surface area (Å²) in [6.07, 6.45) is 4.45. The number of hydrogen-bond acceptors (Lipinski definition) is 2. The summed E-state index contributed by atoms with van der Waals surface area (Å²) in [5.74, 6) is 0.651. The van der Waals surface area contributed by atoms with E-state index in [1.54, 1.807) is 0 Å². The van der Waals surface area contributed by atoms with E-state index in [2.05, 4.69) is 12.2 Å². The van der Waals surface area contributed by atoms with Gasteiger partial charge in [-0.25, -0.2) is 0 Å². The van der Waals surface area contributed by atoms with Crippen LogP contribution in [0.3, 0.4) is 0 Å². The summed E-state index contributed by atoms with van der Waals surface area (Å²) in [6, 6.07) is 1.07. The summed E-state index contributed by atoms with van der Waals surface area (Å²) in [5, 5.41) is 3.38. The Bertz CT molecular complexity index is 225. The minimum absolute atomic E-state index is 0.275. The topological polar surface area (TPSA) is 32.3 Å². The van der Waals surface area contributed by atoms with Crippen LogP contribution in [-0.4, -0.2) is 36.5 Å². The molecule has 1 N–H and O–H groups in total. The normalized spacial score (nSPS) is 32.7. The van der Waals surface area contributed by atoms with Gasteiger partial charge < -0.3 is 10.2 Å². The Labute approximate surface area is 85.8 Å². The number of carbonyl (C=O) groups is 1. The standard InChI is InChI=1S/C11H20N2O/c1-8-7-9(5-6-12-8)11(14)13(2)10-3-4-10/h8-10,12H,3-7H2,1-2H3/t8-,9-/m0/s1. The smallest absolute Gasteiger partial charge is 0.225 e. The van der Waals surface area contributed by atoms with Gasteiger partial charge >= 0.3 is 0 Å². The van der Waals surface area contributed by atoms with E-state index < -0.39 is 0 Å². The number of rotatable bonds is 2. The van der Waals surface area contributed by atoms with Crippen LogP contribution in [0.5, 0.6) is 0 Å². The highest BCUT2D eigenvalue weighted by atomic mass is 16.2. The zero-order chi connectivity index (χ0) is 10.1. The molecule has 1 heterocycles. The molecule has 0 aromatic rings. The summed E-state index contributed by atoms with van der Waals surface area (Å²) in [5.41, 5.74) is 0. The Hall–Kier alpha value is -0.570. The number of carbonyl (C=O) groups excluding carboxylic acids is 1. The van der Waals surface area contributed by atoms with Gasteiger partial charge in [-0.1, -0.05) is 0 Å². The molecule has 0 aromatic heterocycles. The molecule has 3 heteroatoms. The lowest BCUT2D eigenvalue weighted by Gasteiger charge is -2.30. The monoisotopic (exact) mass is 196 g/mol. The molecular formula is C11H20N2O. The van der Waals surface area contributed by atoms with Gasteiger partial charge in [-0.15, -0.1) is 0 Å². The van der Waals surface area contributed by atoms with Gasteiger partial charge in [-0.05, 0) is 39.2 Å². The zero-order valence-corrected chi connectivity index (χ0v) is 9.12. The number of nitrogens with zero attached hydrogens (tertiary/aromatic N) is 1. The van der Waals surface area contributed by atoms with E-state index >= 15 is 0 Å². The van der Waals surface area contributed by atoms with Gasteiger partial charge in [0.15, 0.2) is 0 Å². The third kappa shape index (κ3) is 2.08. The Morgan fingerprint density at radius 2 is 2.07 bits per heavy atom. The van der Waals surface area contributed by atoms with Crippen molar-refractivity contribution in [2.45, 2.75) is 44.7 Å². The molecule has 3 nitrogen and oxygen atoms in total. The summed E-state index contributed by atoms with van der Waals surface area (Å²) < 4.78 is 0. The minimum Gasteiger partial charge on any atom is -0.343 e. The highest BCUT2D eigenvalue weighted by molar-refractivity contribution is 5.79. The van der Waals surface area contributed by atoms with Crippen molar-refractivity contribution in [1.29, 1.82) is 0 Å². The van der Waals surface area contributed by atoms with Gasteiger partial charge in [-0.3, -0.25) is 4.79 Å². The summed E-state index contributed by atoms with van der Waals surface area (Å²) in [4.78, 5) is 14.0. The molecule has 1 saturated heterocycles. The van der Waals surface area contributed by atoms with E-state index in [1.807, 2.05) is 11.9 Å². The fourth-order valence-corrected chi connectivity index (χ4v) is 2.29. The first-order valence-corrected chi connectivity index (χ1v) is 5.68. The van der Waals surface area contributed by atoms with Crippen LogP contribution < -0.4 is 5.32 Å². The number of nitrogens with one attached hydrogen (secondary N) is 1. The predicted molar refractivity (Wildman–Crippen MR) is 56.0 cm³/mol. The number of hydrogen-bond donors (Lipinski definition) is 1. The minimum atomic E-state index is 0.275. The first-order chi connectivity index (χ1) is 6.68. The maximum Gasteiger partial charge on any atom is 0.225 e. The van der Waals surface area contributed by atoms with Crippen LogP contribution in [0.4, 0.5) is 0 Å². The molecule has 14 heavy (non-hydrogen) atoms. The van der Waals surface area contributed by atoms with Crippen molar-refractivity contribution < 1.29 is 4.79 Å². The van der Waals surface area contributed by atoms with Crippen molar-refractivity contribution >= 4 is 5.91 Å². The van der Waals surface area contributed by atoms with Crippen LogP contribution in [0.25, 0.3) is 0 Å². The average molecular weight is 196 g/mol. The van der Waals surface area contributed by atoms with E-state index in [0.717, 1.165) is 19.4 Å². The van der Waals surface area contributed by atoms with Gasteiger partial charge in [0.05, 0.1) is 0 Å². The largest absolute Gasteiger partial charge is 0.343 e. The molecular weight excluding hydrogens is 176 g/mol. The highest BCUT2D eigenvalue weighted by Crippen LogP contribution is 2.28. The fourth-order valence-electron chi connectivity index (χ4n) is 2.29. The van der Waals surface area contributed by atoms with E-state index in [-0.39, 0.29) is 5.92 Å². The molecule has 1 saturated carbocycles. The zero-order valence-electron chi connectivity index (χ0n) is 9.12. The molecule has 0 spiro atoms. The molecule has 2 rings (SSSR count). The van der Waals surface area contributed by atoms with E-state index in [9.17, 15) is 4.79 Å². The molecule has 1 amide bonds. The molecule has 2 fully saturated rings. The highest BCUT2D eigenvalue weighted by Gasteiger charge is 2.34. The van der Waals surface area contributed by atoms with Crippen LogP contribution in [0.15, 0.2) is 0 Å². The molecule has 0 aromatic carbocycles. The second-order valence-electron chi connectivity index (χ2n) is 4.76. The Morgan fingerprint density at radius 3 is 2.64 bits per heavy atom. The third-order valence-corrected chi connectivity index (χ3v) is 3.42. The Morgan fingerprint density at radius 1 is 1.36 bits per heavy atom. The van der Waals surface area contributed by atoms with Crippen molar-refractivity contribution in [3.05, 3.63) is 0 Å². The van der Waals surface area contributed by atoms with Crippen molar-refractivity contribution in [3.8, 4) is 0 Å². The van der Waals surface area contributed by atoms with Crippen molar-refractivity contribution in [1.82, 2.24) is 10.2 Å². The molecule has 0 radical (unpaired) electrons. The van der Waals surface area contributed by atoms with Crippen LogP contribution >= 0.6 is 0 Å². The second kappa shape index (κ2) is 3.89.